The number of anilines is 1. The lowest BCUT2D eigenvalue weighted by Gasteiger charge is -2.12. The number of hydrogen-bond donors (Lipinski definition) is 2. The van der Waals surface area contributed by atoms with Crippen LogP contribution < -0.4 is 10.6 Å². The summed E-state index contributed by atoms with van der Waals surface area (Å²) in [6.45, 7) is 4.95. The first kappa shape index (κ1) is 14.8. The molecule has 1 saturated carbocycles. The van der Waals surface area contributed by atoms with E-state index in [0.29, 0.717) is 24.2 Å². The van der Waals surface area contributed by atoms with Crippen LogP contribution in [0.1, 0.15) is 56.4 Å². The van der Waals surface area contributed by atoms with Gasteiger partial charge in [-0.15, -0.1) is 0 Å². The van der Waals surface area contributed by atoms with Crippen LogP contribution in [-0.4, -0.2) is 28.5 Å². The van der Waals surface area contributed by atoms with Gasteiger partial charge >= 0.3 is 0 Å². The summed E-state index contributed by atoms with van der Waals surface area (Å²) in [5.41, 5.74) is 0.380. The van der Waals surface area contributed by atoms with Crippen molar-refractivity contribution in [1.29, 1.82) is 0 Å². The largest absolute Gasteiger partial charge is 0.366 e. The van der Waals surface area contributed by atoms with Crippen molar-refractivity contribution in [3.63, 3.8) is 0 Å². The van der Waals surface area contributed by atoms with E-state index in [-0.39, 0.29) is 5.91 Å². The first-order valence-electron chi connectivity index (χ1n) is 7.52. The molecule has 20 heavy (non-hydrogen) atoms. The third kappa shape index (κ3) is 4.47. The van der Waals surface area contributed by atoms with Gasteiger partial charge in [0.1, 0.15) is 11.5 Å². The molecule has 2 N–H and O–H groups in total. The van der Waals surface area contributed by atoms with Crippen molar-refractivity contribution in [1.82, 2.24) is 15.3 Å². The SMILES string of the molecule is CC(C)CCNC(=O)c1cnc(NC2CCCC2)cn1. The summed E-state index contributed by atoms with van der Waals surface area (Å²) in [4.78, 5) is 20.3. The van der Waals surface area contributed by atoms with E-state index in [9.17, 15) is 4.79 Å². The summed E-state index contributed by atoms with van der Waals surface area (Å²) in [6.07, 6.45) is 9.11. The predicted octanol–water partition coefficient (Wildman–Crippen LogP) is 2.61. The quantitative estimate of drug-likeness (QED) is 0.838. The second kappa shape index (κ2) is 7.22. The molecule has 1 aromatic rings. The van der Waals surface area contributed by atoms with E-state index in [1.807, 2.05) is 0 Å². The maximum Gasteiger partial charge on any atom is 0.271 e. The lowest BCUT2D eigenvalue weighted by atomic mass is 10.1. The molecular formula is C15H24N4O. The number of aromatic nitrogens is 2. The fraction of sp³-hybridized carbons (Fsp3) is 0.667. The summed E-state index contributed by atoms with van der Waals surface area (Å²) in [5, 5.41) is 6.22. The average molecular weight is 276 g/mol. The van der Waals surface area contributed by atoms with E-state index in [0.717, 1.165) is 12.2 Å². The van der Waals surface area contributed by atoms with Crippen molar-refractivity contribution < 1.29 is 4.79 Å². The van der Waals surface area contributed by atoms with Crippen LogP contribution in [0.15, 0.2) is 12.4 Å². The molecule has 0 saturated heterocycles. The molecule has 1 aliphatic carbocycles. The Bertz CT molecular complexity index is 424. The highest BCUT2D eigenvalue weighted by Gasteiger charge is 2.15. The number of nitrogens with zero attached hydrogens (tertiary/aromatic N) is 2. The van der Waals surface area contributed by atoms with Gasteiger partial charge < -0.3 is 10.6 Å². The van der Waals surface area contributed by atoms with Gasteiger partial charge in [0.05, 0.1) is 12.4 Å². The molecule has 1 amide bonds. The molecule has 1 fully saturated rings. The normalized spacial score (nSPS) is 15.6. The van der Waals surface area contributed by atoms with Crippen LogP contribution in [-0.2, 0) is 0 Å². The number of carbonyl (C=O) groups excluding carboxylic acids is 1. The summed E-state index contributed by atoms with van der Waals surface area (Å²) >= 11 is 0. The molecule has 0 spiro atoms. The molecule has 0 aliphatic heterocycles. The number of nitrogens with one attached hydrogen (secondary N) is 2. The molecule has 2 rings (SSSR count). The third-order valence-electron chi connectivity index (χ3n) is 3.60. The molecular weight excluding hydrogens is 252 g/mol. The zero-order valence-corrected chi connectivity index (χ0v) is 12.4. The van der Waals surface area contributed by atoms with Crippen molar-refractivity contribution in [2.24, 2.45) is 5.92 Å². The van der Waals surface area contributed by atoms with E-state index in [2.05, 4.69) is 34.4 Å². The Morgan fingerprint density at radius 2 is 2.05 bits per heavy atom. The standard InChI is InChI=1S/C15H24N4O/c1-11(2)7-8-16-15(20)13-9-18-14(10-17-13)19-12-5-3-4-6-12/h9-12H,3-8H2,1-2H3,(H,16,20)(H,18,19). The summed E-state index contributed by atoms with van der Waals surface area (Å²) in [6, 6.07) is 0.509. The molecule has 0 radical (unpaired) electrons. The molecule has 0 aromatic carbocycles. The van der Waals surface area contributed by atoms with E-state index >= 15 is 0 Å². The molecule has 1 aliphatic rings. The van der Waals surface area contributed by atoms with Crippen LogP contribution in [0.25, 0.3) is 0 Å². The van der Waals surface area contributed by atoms with Crippen LogP contribution in [0.2, 0.25) is 0 Å². The molecule has 5 nitrogen and oxygen atoms in total. The maximum absolute atomic E-state index is 11.8. The fourth-order valence-corrected chi connectivity index (χ4v) is 2.36. The highest BCUT2D eigenvalue weighted by atomic mass is 16.1. The number of hydrogen-bond acceptors (Lipinski definition) is 4. The third-order valence-corrected chi connectivity index (χ3v) is 3.60. The lowest BCUT2D eigenvalue weighted by molar-refractivity contribution is 0.0946. The van der Waals surface area contributed by atoms with E-state index in [1.54, 1.807) is 12.4 Å². The molecule has 0 bridgehead atoms. The monoisotopic (exact) mass is 276 g/mol. The van der Waals surface area contributed by atoms with Crippen LogP contribution in [0.5, 0.6) is 0 Å². The maximum atomic E-state index is 11.8. The van der Waals surface area contributed by atoms with Gasteiger partial charge in [-0.05, 0) is 25.2 Å². The Hall–Kier alpha value is -1.65. The second-order valence-corrected chi connectivity index (χ2v) is 5.85. The van der Waals surface area contributed by atoms with Crippen molar-refractivity contribution in [3.8, 4) is 0 Å². The Balaban J connectivity index is 1.82. The van der Waals surface area contributed by atoms with Gasteiger partial charge in [0.25, 0.3) is 5.91 Å². The van der Waals surface area contributed by atoms with Gasteiger partial charge in [0.15, 0.2) is 0 Å². The highest BCUT2D eigenvalue weighted by Crippen LogP contribution is 2.20. The molecule has 0 atom stereocenters. The molecule has 0 unspecified atom stereocenters. The van der Waals surface area contributed by atoms with E-state index < -0.39 is 0 Å². The van der Waals surface area contributed by atoms with E-state index in [1.165, 1.54) is 25.7 Å². The second-order valence-electron chi connectivity index (χ2n) is 5.85. The Morgan fingerprint density at radius 1 is 1.30 bits per heavy atom. The summed E-state index contributed by atoms with van der Waals surface area (Å²) in [7, 11) is 0. The fourth-order valence-electron chi connectivity index (χ4n) is 2.36. The van der Waals surface area contributed by atoms with Crippen LogP contribution >= 0.6 is 0 Å². The minimum atomic E-state index is -0.148. The molecule has 110 valence electrons. The average Bonchev–Trinajstić information content (AvgIpc) is 2.92. The van der Waals surface area contributed by atoms with Crippen molar-refractivity contribution in [3.05, 3.63) is 18.1 Å². The first-order chi connectivity index (χ1) is 9.65. The van der Waals surface area contributed by atoms with Crippen molar-refractivity contribution in [2.45, 2.75) is 52.0 Å². The summed E-state index contributed by atoms with van der Waals surface area (Å²) < 4.78 is 0. The molecule has 1 aromatic heterocycles. The smallest absolute Gasteiger partial charge is 0.271 e. The number of amides is 1. The minimum Gasteiger partial charge on any atom is -0.366 e. The predicted molar refractivity (Wildman–Crippen MR) is 79.7 cm³/mol. The lowest BCUT2D eigenvalue weighted by Crippen LogP contribution is -2.26. The van der Waals surface area contributed by atoms with Crippen LogP contribution in [0.4, 0.5) is 5.82 Å². The first-order valence-corrected chi connectivity index (χ1v) is 7.52. The summed E-state index contributed by atoms with van der Waals surface area (Å²) in [5.74, 6) is 1.19. The van der Waals surface area contributed by atoms with Gasteiger partial charge in [0.2, 0.25) is 0 Å². The van der Waals surface area contributed by atoms with Crippen LogP contribution in [0, 0.1) is 5.92 Å². The minimum absolute atomic E-state index is 0.148. The molecule has 1 heterocycles. The number of rotatable bonds is 6. The van der Waals surface area contributed by atoms with Gasteiger partial charge in [-0.1, -0.05) is 26.7 Å². The highest BCUT2D eigenvalue weighted by molar-refractivity contribution is 5.91. The van der Waals surface area contributed by atoms with Crippen molar-refractivity contribution in [2.75, 3.05) is 11.9 Å². The van der Waals surface area contributed by atoms with Gasteiger partial charge in [-0.25, -0.2) is 9.97 Å². The number of carbonyl (C=O) groups is 1. The Labute approximate surface area is 120 Å². The molecule has 5 heteroatoms. The van der Waals surface area contributed by atoms with Gasteiger partial charge in [0, 0.05) is 12.6 Å². The topological polar surface area (TPSA) is 66.9 Å². The zero-order chi connectivity index (χ0) is 14.4. The van der Waals surface area contributed by atoms with Crippen molar-refractivity contribution >= 4 is 11.7 Å². The van der Waals surface area contributed by atoms with E-state index in [4.69, 9.17) is 0 Å². The zero-order valence-electron chi connectivity index (χ0n) is 12.4. The van der Waals surface area contributed by atoms with Gasteiger partial charge in [-0.2, -0.15) is 0 Å². The Kier molecular flexibility index (Phi) is 5.32. The van der Waals surface area contributed by atoms with Crippen LogP contribution in [0.3, 0.4) is 0 Å². The van der Waals surface area contributed by atoms with Gasteiger partial charge in [-0.3, -0.25) is 4.79 Å². The Morgan fingerprint density at radius 3 is 2.65 bits per heavy atom.